The third-order valence-corrected chi connectivity index (χ3v) is 6.53. The maximum atomic E-state index is 14.9. The molecule has 6 nitrogen and oxygen atoms in total. The molecule has 2 aromatic heterocycles. The SMILES string of the molecule is Cc1sc2c(C(=O)O)c(=O)c3cc(F)c(N4CCN(C)CC4)cc3n2c1C. The van der Waals surface area contributed by atoms with Gasteiger partial charge in [0.05, 0.1) is 16.6 Å². The number of pyridine rings is 1. The van der Waals surface area contributed by atoms with Gasteiger partial charge in [0, 0.05) is 36.8 Å². The van der Waals surface area contributed by atoms with Crippen molar-refractivity contribution < 1.29 is 14.3 Å². The van der Waals surface area contributed by atoms with Crippen LogP contribution in [0.4, 0.5) is 10.1 Å². The summed E-state index contributed by atoms with van der Waals surface area (Å²) in [4.78, 5) is 30.0. The number of nitrogens with zero attached hydrogens (tertiary/aromatic N) is 3. The lowest BCUT2D eigenvalue weighted by Gasteiger charge is -2.34. The van der Waals surface area contributed by atoms with Crippen molar-refractivity contribution in [1.29, 1.82) is 0 Å². The number of carbonyl (C=O) groups is 1. The lowest BCUT2D eigenvalue weighted by atomic mass is 10.1. The Balaban J connectivity index is 2.06. The highest BCUT2D eigenvalue weighted by Gasteiger charge is 2.24. The number of hydrogen-bond donors (Lipinski definition) is 1. The first kappa shape index (κ1) is 17.9. The summed E-state index contributed by atoms with van der Waals surface area (Å²) in [5.74, 6) is -1.78. The Hall–Kier alpha value is -2.45. The molecule has 1 aromatic carbocycles. The van der Waals surface area contributed by atoms with E-state index in [1.54, 1.807) is 10.5 Å². The average Bonchev–Trinajstić information content (AvgIpc) is 2.90. The molecule has 0 saturated carbocycles. The topological polar surface area (TPSA) is 65.3 Å². The minimum absolute atomic E-state index is 0.0983. The van der Waals surface area contributed by atoms with Crippen LogP contribution in [-0.4, -0.2) is 53.6 Å². The molecule has 1 fully saturated rings. The standard InChI is InChI=1S/C19H20FN3O3S/c1-10-11(2)27-18-16(19(25)26)17(24)12-8-13(20)15(9-14(12)23(10)18)22-6-4-21(3)5-7-22/h8-9H,4-7H2,1-3H3,(H,25,26). The Morgan fingerprint density at radius 1 is 1.19 bits per heavy atom. The number of benzene rings is 1. The quantitative estimate of drug-likeness (QED) is 0.730. The second-order valence-corrected chi connectivity index (χ2v) is 8.21. The first-order chi connectivity index (χ1) is 12.8. The van der Waals surface area contributed by atoms with E-state index in [2.05, 4.69) is 4.90 Å². The van der Waals surface area contributed by atoms with E-state index in [1.165, 1.54) is 17.4 Å². The summed E-state index contributed by atoms with van der Waals surface area (Å²) in [6, 6.07) is 2.88. The number of aromatic nitrogens is 1. The van der Waals surface area contributed by atoms with Gasteiger partial charge in [-0.05, 0) is 33.0 Å². The summed E-state index contributed by atoms with van der Waals surface area (Å²) < 4.78 is 16.6. The van der Waals surface area contributed by atoms with Crippen LogP contribution in [0.2, 0.25) is 0 Å². The molecular formula is C19H20FN3O3S. The number of aryl methyl sites for hydroxylation is 2. The molecule has 0 atom stereocenters. The fraction of sp³-hybridized carbons (Fsp3) is 0.368. The molecule has 0 aliphatic carbocycles. The van der Waals surface area contributed by atoms with Gasteiger partial charge in [0.1, 0.15) is 16.2 Å². The Morgan fingerprint density at radius 3 is 2.48 bits per heavy atom. The number of rotatable bonds is 2. The third-order valence-electron chi connectivity index (χ3n) is 5.35. The van der Waals surface area contributed by atoms with E-state index in [4.69, 9.17) is 0 Å². The summed E-state index contributed by atoms with van der Waals surface area (Å²) in [6.07, 6.45) is 0. The highest BCUT2D eigenvalue weighted by molar-refractivity contribution is 7.18. The maximum Gasteiger partial charge on any atom is 0.342 e. The van der Waals surface area contributed by atoms with Gasteiger partial charge in [0.15, 0.2) is 0 Å². The third kappa shape index (κ3) is 2.71. The molecule has 4 rings (SSSR count). The molecule has 142 valence electrons. The smallest absolute Gasteiger partial charge is 0.342 e. The van der Waals surface area contributed by atoms with Crippen molar-refractivity contribution in [3.05, 3.63) is 44.3 Å². The van der Waals surface area contributed by atoms with Crippen molar-refractivity contribution in [3.8, 4) is 0 Å². The van der Waals surface area contributed by atoms with Crippen LogP contribution in [0.5, 0.6) is 0 Å². The summed E-state index contributed by atoms with van der Waals surface area (Å²) in [5, 5.41) is 9.66. The Morgan fingerprint density at radius 2 is 1.85 bits per heavy atom. The largest absolute Gasteiger partial charge is 0.477 e. The fourth-order valence-corrected chi connectivity index (χ4v) is 4.79. The maximum absolute atomic E-state index is 14.9. The van der Waals surface area contributed by atoms with Crippen LogP contribution in [0.3, 0.4) is 0 Å². The van der Waals surface area contributed by atoms with Gasteiger partial charge in [-0.25, -0.2) is 9.18 Å². The lowest BCUT2D eigenvalue weighted by molar-refractivity contribution is 0.0697. The summed E-state index contributed by atoms with van der Waals surface area (Å²) in [5.41, 5.74) is 0.934. The van der Waals surface area contributed by atoms with E-state index >= 15 is 0 Å². The van der Waals surface area contributed by atoms with E-state index in [1.807, 2.05) is 25.8 Å². The summed E-state index contributed by atoms with van der Waals surface area (Å²) in [6.45, 7) is 6.84. The van der Waals surface area contributed by atoms with Crippen LogP contribution < -0.4 is 10.3 Å². The molecule has 3 aromatic rings. The lowest BCUT2D eigenvalue weighted by Crippen LogP contribution is -2.44. The van der Waals surface area contributed by atoms with Crippen molar-refractivity contribution in [2.45, 2.75) is 13.8 Å². The Kier molecular flexibility index (Phi) is 4.20. The predicted octanol–water partition coefficient (Wildman–Crippen LogP) is 2.72. The van der Waals surface area contributed by atoms with E-state index in [0.717, 1.165) is 23.7 Å². The van der Waals surface area contributed by atoms with Gasteiger partial charge in [-0.1, -0.05) is 0 Å². The van der Waals surface area contributed by atoms with Gasteiger partial charge < -0.3 is 19.3 Å². The van der Waals surface area contributed by atoms with Crippen LogP contribution in [0.25, 0.3) is 15.7 Å². The zero-order valence-corrected chi connectivity index (χ0v) is 16.2. The molecule has 8 heteroatoms. The second-order valence-electron chi connectivity index (χ2n) is 7.00. The molecule has 1 saturated heterocycles. The number of fused-ring (bicyclic) bond motifs is 3. The minimum Gasteiger partial charge on any atom is -0.477 e. The van der Waals surface area contributed by atoms with E-state index in [9.17, 15) is 19.1 Å². The molecule has 0 spiro atoms. The highest BCUT2D eigenvalue weighted by Crippen LogP contribution is 2.32. The van der Waals surface area contributed by atoms with Gasteiger partial charge in [-0.3, -0.25) is 4.79 Å². The number of carboxylic acid groups (broad SMARTS) is 1. The molecular weight excluding hydrogens is 369 g/mol. The number of thiazole rings is 1. The first-order valence-corrected chi connectivity index (χ1v) is 9.56. The fourth-order valence-electron chi connectivity index (χ4n) is 3.65. The van der Waals surface area contributed by atoms with Crippen LogP contribution in [-0.2, 0) is 0 Å². The van der Waals surface area contributed by atoms with E-state index in [0.29, 0.717) is 29.1 Å². The van der Waals surface area contributed by atoms with Crippen LogP contribution in [0.1, 0.15) is 20.9 Å². The van der Waals surface area contributed by atoms with Crippen molar-refractivity contribution in [2.24, 2.45) is 0 Å². The summed E-state index contributed by atoms with van der Waals surface area (Å²) >= 11 is 1.28. The molecule has 1 aliphatic heterocycles. The van der Waals surface area contributed by atoms with Crippen molar-refractivity contribution in [3.63, 3.8) is 0 Å². The van der Waals surface area contributed by atoms with Gasteiger partial charge in [-0.15, -0.1) is 11.3 Å². The molecule has 0 unspecified atom stereocenters. The number of hydrogen-bond acceptors (Lipinski definition) is 5. The van der Waals surface area contributed by atoms with Gasteiger partial charge >= 0.3 is 5.97 Å². The summed E-state index contributed by atoms with van der Waals surface area (Å²) in [7, 11) is 2.03. The molecule has 0 amide bonds. The van der Waals surface area contributed by atoms with Crippen molar-refractivity contribution >= 4 is 38.7 Å². The Bertz CT molecular complexity index is 1140. The van der Waals surface area contributed by atoms with Crippen LogP contribution in [0, 0.1) is 19.7 Å². The molecule has 3 heterocycles. The van der Waals surface area contributed by atoms with Gasteiger partial charge in [0.25, 0.3) is 0 Å². The monoisotopic (exact) mass is 389 g/mol. The van der Waals surface area contributed by atoms with Crippen LogP contribution >= 0.6 is 11.3 Å². The Labute approximate surface area is 159 Å². The number of carboxylic acids is 1. The predicted molar refractivity (Wildman–Crippen MR) is 105 cm³/mol. The first-order valence-electron chi connectivity index (χ1n) is 8.74. The molecule has 0 radical (unpaired) electrons. The molecule has 0 bridgehead atoms. The number of halogens is 1. The number of aromatic carboxylic acids is 1. The normalized spacial score (nSPS) is 15.8. The van der Waals surface area contributed by atoms with E-state index in [-0.39, 0.29) is 10.9 Å². The zero-order chi connectivity index (χ0) is 19.5. The van der Waals surface area contributed by atoms with Crippen LogP contribution in [0.15, 0.2) is 16.9 Å². The minimum atomic E-state index is -1.29. The highest BCUT2D eigenvalue weighted by atomic mass is 32.1. The molecule has 1 aliphatic rings. The molecule has 1 N–H and O–H groups in total. The van der Waals surface area contributed by atoms with Gasteiger partial charge in [0.2, 0.25) is 5.43 Å². The van der Waals surface area contributed by atoms with Crippen molar-refractivity contribution in [1.82, 2.24) is 9.30 Å². The molecule has 27 heavy (non-hydrogen) atoms. The van der Waals surface area contributed by atoms with Crippen molar-refractivity contribution in [2.75, 3.05) is 38.1 Å². The number of anilines is 1. The van der Waals surface area contributed by atoms with E-state index < -0.39 is 17.2 Å². The van der Waals surface area contributed by atoms with Gasteiger partial charge in [-0.2, -0.15) is 0 Å². The number of likely N-dealkylation sites (N-methyl/N-ethyl adjacent to an activating group) is 1. The average molecular weight is 389 g/mol. The zero-order valence-electron chi connectivity index (χ0n) is 15.4. The second kappa shape index (κ2) is 6.31. The number of piperazine rings is 1.